The summed E-state index contributed by atoms with van der Waals surface area (Å²) in [4.78, 5) is 26.3. The molecule has 1 saturated carbocycles. The standard InChI is InChI=1S/C19H28N2O5S2/c1-20(16-6-3-2-4-7-16)17(22)14-26-19(23)15-9-11-21(12-10-15)28(24,25)18-8-5-13-27-18/h5,8,13,15-16H,2-4,6-7,9-12,14H2,1H3. The highest BCUT2D eigenvalue weighted by molar-refractivity contribution is 7.91. The molecule has 1 aromatic rings. The molecule has 28 heavy (non-hydrogen) atoms. The second kappa shape index (κ2) is 9.37. The fourth-order valence-electron chi connectivity index (χ4n) is 3.89. The molecule has 0 spiro atoms. The molecule has 1 aliphatic heterocycles. The second-order valence-electron chi connectivity index (χ2n) is 7.51. The van der Waals surface area contributed by atoms with Crippen LogP contribution in [0.1, 0.15) is 44.9 Å². The Kier molecular flexibility index (Phi) is 7.11. The Morgan fingerprint density at radius 3 is 2.46 bits per heavy atom. The van der Waals surface area contributed by atoms with Crippen molar-refractivity contribution in [1.82, 2.24) is 9.21 Å². The third-order valence-electron chi connectivity index (χ3n) is 5.73. The summed E-state index contributed by atoms with van der Waals surface area (Å²) >= 11 is 1.19. The molecule has 0 aromatic carbocycles. The molecule has 0 N–H and O–H groups in total. The van der Waals surface area contributed by atoms with E-state index in [2.05, 4.69) is 0 Å². The van der Waals surface area contributed by atoms with Crippen molar-refractivity contribution in [1.29, 1.82) is 0 Å². The van der Waals surface area contributed by atoms with Crippen molar-refractivity contribution >= 4 is 33.2 Å². The summed E-state index contributed by atoms with van der Waals surface area (Å²) < 4.78 is 32.1. The van der Waals surface area contributed by atoms with Gasteiger partial charge in [-0.15, -0.1) is 11.3 Å². The molecule has 1 aromatic heterocycles. The van der Waals surface area contributed by atoms with Crippen LogP contribution in [0.2, 0.25) is 0 Å². The molecule has 1 aliphatic carbocycles. The number of ether oxygens (including phenoxy) is 1. The van der Waals surface area contributed by atoms with Crippen molar-refractivity contribution in [2.24, 2.45) is 5.92 Å². The van der Waals surface area contributed by atoms with Gasteiger partial charge in [-0.2, -0.15) is 4.31 Å². The molecule has 9 heteroatoms. The average molecular weight is 429 g/mol. The van der Waals surface area contributed by atoms with E-state index in [9.17, 15) is 18.0 Å². The Balaban J connectivity index is 1.44. The predicted molar refractivity (Wildman–Crippen MR) is 106 cm³/mol. The number of hydrogen-bond donors (Lipinski definition) is 0. The van der Waals surface area contributed by atoms with E-state index < -0.39 is 16.0 Å². The number of piperidine rings is 1. The normalized spacial score (nSPS) is 20.0. The van der Waals surface area contributed by atoms with E-state index in [1.807, 2.05) is 0 Å². The lowest BCUT2D eigenvalue weighted by Crippen LogP contribution is -2.42. The molecule has 1 amide bonds. The fourth-order valence-corrected chi connectivity index (χ4v) is 6.51. The van der Waals surface area contributed by atoms with Crippen LogP contribution in [0.3, 0.4) is 0 Å². The number of esters is 1. The van der Waals surface area contributed by atoms with Crippen LogP contribution in [0.5, 0.6) is 0 Å². The number of amides is 1. The van der Waals surface area contributed by atoms with Gasteiger partial charge in [0.25, 0.3) is 15.9 Å². The van der Waals surface area contributed by atoms with Crippen LogP contribution in [0.25, 0.3) is 0 Å². The molecule has 0 atom stereocenters. The minimum Gasteiger partial charge on any atom is -0.455 e. The second-order valence-corrected chi connectivity index (χ2v) is 10.6. The molecule has 2 aliphatic rings. The van der Waals surface area contributed by atoms with Crippen LogP contribution < -0.4 is 0 Å². The molecular formula is C19H28N2O5S2. The van der Waals surface area contributed by atoms with Crippen LogP contribution in [0, 0.1) is 5.92 Å². The summed E-state index contributed by atoms with van der Waals surface area (Å²) in [5.74, 6) is -0.931. The number of hydrogen-bond acceptors (Lipinski definition) is 6. The lowest BCUT2D eigenvalue weighted by atomic mass is 9.94. The summed E-state index contributed by atoms with van der Waals surface area (Å²) in [6.45, 7) is 0.339. The maximum atomic E-state index is 12.5. The van der Waals surface area contributed by atoms with E-state index in [0.717, 1.165) is 25.7 Å². The van der Waals surface area contributed by atoms with Crippen LogP contribution in [0.15, 0.2) is 21.7 Å². The van der Waals surface area contributed by atoms with Gasteiger partial charge in [0.1, 0.15) is 4.21 Å². The van der Waals surface area contributed by atoms with E-state index in [1.165, 1.54) is 22.1 Å². The Labute approximate surface area is 170 Å². The molecule has 0 unspecified atom stereocenters. The van der Waals surface area contributed by atoms with Gasteiger partial charge in [0.2, 0.25) is 0 Å². The number of carbonyl (C=O) groups excluding carboxylic acids is 2. The monoisotopic (exact) mass is 428 g/mol. The number of rotatable bonds is 6. The van der Waals surface area contributed by atoms with Crippen molar-refractivity contribution in [2.75, 3.05) is 26.7 Å². The largest absolute Gasteiger partial charge is 0.455 e. The van der Waals surface area contributed by atoms with Gasteiger partial charge in [-0.05, 0) is 37.1 Å². The van der Waals surface area contributed by atoms with Crippen LogP contribution in [-0.4, -0.2) is 62.3 Å². The van der Waals surface area contributed by atoms with E-state index in [-0.39, 0.29) is 37.6 Å². The Bertz CT molecular complexity index is 764. The number of sulfonamides is 1. The highest BCUT2D eigenvalue weighted by Gasteiger charge is 2.33. The van der Waals surface area contributed by atoms with Crippen LogP contribution in [0.4, 0.5) is 0 Å². The van der Waals surface area contributed by atoms with Crippen LogP contribution >= 0.6 is 11.3 Å². The minimum atomic E-state index is -3.48. The highest BCUT2D eigenvalue weighted by atomic mass is 32.2. The number of likely N-dealkylation sites (N-methyl/N-ethyl adjacent to an activating group) is 1. The van der Waals surface area contributed by atoms with Crippen molar-refractivity contribution in [2.45, 2.75) is 55.2 Å². The van der Waals surface area contributed by atoms with Gasteiger partial charge >= 0.3 is 5.97 Å². The Morgan fingerprint density at radius 1 is 1.18 bits per heavy atom. The highest BCUT2D eigenvalue weighted by Crippen LogP contribution is 2.27. The molecule has 1 saturated heterocycles. The number of carbonyl (C=O) groups is 2. The summed E-state index contributed by atoms with van der Waals surface area (Å²) in [5, 5.41) is 1.73. The molecule has 2 heterocycles. The zero-order valence-corrected chi connectivity index (χ0v) is 17.8. The molecule has 7 nitrogen and oxygen atoms in total. The fraction of sp³-hybridized carbons (Fsp3) is 0.684. The quantitative estimate of drug-likeness (QED) is 0.650. The Morgan fingerprint density at radius 2 is 1.86 bits per heavy atom. The summed E-state index contributed by atoms with van der Waals surface area (Å²) in [5.41, 5.74) is 0. The first-order valence-corrected chi connectivity index (χ1v) is 12.2. The zero-order chi connectivity index (χ0) is 20.1. The smallest absolute Gasteiger partial charge is 0.309 e. The lowest BCUT2D eigenvalue weighted by Gasteiger charge is -2.32. The first kappa shape index (κ1) is 21.3. The first-order chi connectivity index (χ1) is 13.4. The average Bonchev–Trinajstić information content (AvgIpc) is 3.28. The molecule has 2 fully saturated rings. The first-order valence-electron chi connectivity index (χ1n) is 9.85. The molecule has 0 bridgehead atoms. The summed E-state index contributed by atoms with van der Waals surface area (Å²) in [6, 6.07) is 3.54. The predicted octanol–water partition coefficient (Wildman–Crippen LogP) is 2.48. The van der Waals surface area contributed by atoms with Crippen molar-refractivity contribution in [3.63, 3.8) is 0 Å². The zero-order valence-electron chi connectivity index (χ0n) is 16.2. The third-order valence-corrected chi connectivity index (χ3v) is 9.00. The third kappa shape index (κ3) is 4.93. The van der Waals surface area contributed by atoms with Crippen molar-refractivity contribution < 1.29 is 22.7 Å². The van der Waals surface area contributed by atoms with Crippen molar-refractivity contribution in [3.8, 4) is 0 Å². The molecule has 3 rings (SSSR count). The van der Waals surface area contributed by atoms with Gasteiger partial charge in [-0.25, -0.2) is 8.42 Å². The Hall–Kier alpha value is -1.45. The van der Waals surface area contributed by atoms with Gasteiger partial charge in [-0.3, -0.25) is 9.59 Å². The van der Waals surface area contributed by atoms with Crippen molar-refractivity contribution in [3.05, 3.63) is 17.5 Å². The van der Waals surface area contributed by atoms with E-state index in [0.29, 0.717) is 17.1 Å². The van der Waals surface area contributed by atoms with Gasteiger partial charge in [-0.1, -0.05) is 25.3 Å². The number of thiophene rings is 1. The maximum Gasteiger partial charge on any atom is 0.309 e. The van der Waals surface area contributed by atoms with Gasteiger partial charge in [0.05, 0.1) is 5.92 Å². The minimum absolute atomic E-state index is 0.169. The van der Waals surface area contributed by atoms with Gasteiger partial charge in [0.15, 0.2) is 6.61 Å². The van der Waals surface area contributed by atoms with E-state index in [1.54, 1.807) is 29.5 Å². The molecule has 156 valence electrons. The molecular weight excluding hydrogens is 400 g/mol. The topological polar surface area (TPSA) is 84.0 Å². The lowest BCUT2D eigenvalue weighted by molar-refractivity contribution is -0.157. The SMILES string of the molecule is CN(C(=O)COC(=O)C1CCN(S(=O)(=O)c2cccs2)CC1)C1CCCCC1. The van der Waals surface area contributed by atoms with Crippen LogP contribution in [-0.2, 0) is 24.3 Å². The summed E-state index contributed by atoms with van der Waals surface area (Å²) in [7, 11) is -1.70. The van der Waals surface area contributed by atoms with Gasteiger partial charge < -0.3 is 9.64 Å². The maximum absolute atomic E-state index is 12.5. The van der Waals surface area contributed by atoms with E-state index in [4.69, 9.17) is 4.74 Å². The molecule has 0 radical (unpaired) electrons. The van der Waals surface area contributed by atoms with Gasteiger partial charge in [0, 0.05) is 26.2 Å². The number of nitrogens with zero attached hydrogens (tertiary/aromatic N) is 2. The summed E-state index contributed by atoms with van der Waals surface area (Å²) in [6.07, 6.45) is 6.32. The van der Waals surface area contributed by atoms with E-state index >= 15 is 0 Å².